The lowest BCUT2D eigenvalue weighted by atomic mass is 10.1. The molecule has 2 rings (SSSR count). The van der Waals surface area contributed by atoms with Crippen LogP contribution in [0, 0.1) is 0 Å². The van der Waals surface area contributed by atoms with Crippen LogP contribution in [0.15, 0.2) is 0 Å². The Hall–Kier alpha value is -0.610. The summed E-state index contributed by atoms with van der Waals surface area (Å²) in [5.74, 6) is 0.158. The highest BCUT2D eigenvalue weighted by molar-refractivity contribution is 5.78. The smallest absolute Gasteiger partial charge is 0.220 e. The van der Waals surface area contributed by atoms with Gasteiger partial charge in [-0.05, 0) is 19.3 Å². The fourth-order valence-electron chi connectivity index (χ4n) is 1.90. The van der Waals surface area contributed by atoms with E-state index in [0.29, 0.717) is 19.1 Å². The molecule has 0 saturated carbocycles. The normalized spacial score (nSPS) is 29.1. The van der Waals surface area contributed by atoms with Gasteiger partial charge < -0.3 is 14.8 Å². The highest BCUT2D eigenvalue weighted by atomic mass is 16.5. The molecule has 1 N–H and O–H groups in total. The van der Waals surface area contributed by atoms with Crippen LogP contribution in [0.1, 0.15) is 25.7 Å². The van der Waals surface area contributed by atoms with E-state index in [9.17, 15) is 4.79 Å². The quantitative estimate of drug-likeness (QED) is 0.718. The zero-order valence-electron chi connectivity index (χ0n) is 8.33. The summed E-state index contributed by atoms with van der Waals surface area (Å²) in [6.07, 6.45) is 3.88. The van der Waals surface area contributed by atoms with Gasteiger partial charge in [0.25, 0.3) is 0 Å². The Morgan fingerprint density at radius 3 is 2.79 bits per heavy atom. The van der Waals surface area contributed by atoms with Gasteiger partial charge in [0.05, 0.1) is 18.8 Å². The number of amides is 1. The average molecular weight is 199 g/mol. The van der Waals surface area contributed by atoms with Gasteiger partial charge in [0.2, 0.25) is 5.91 Å². The monoisotopic (exact) mass is 199 g/mol. The van der Waals surface area contributed by atoms with Crippen molar-refractivity contribution in [1.82, 2.24) is 5.32 Å². The molecule has 0 bridgehead atoms. The molecule has 0 radical (unpaired) electrons. The van der Waals surface area contributed by atoms with Crippen molar-refractivity contribution in [3.63, 3.8) is 0 Å². The number of nitrogens with one attached hydrogen (secondary N) is 1. The van der Waals surface area contributed by atoms with Crippen molar-refractivity contribution >= 4 is 5.91 Å². The topological polar surface area (TPSA) is 47.6 Å². The van der Waals surface area contributed by atoms with Crippen molar-refractivity contribution in [1.29, 1.82) is 0 Å². The Balaban J connectivity index is 1.63. The molecule has 2 fully saturated rings. The van der Waals surface area contributed by atoms with Crippen molar-refractivity contribution in [2.45, 2.75) is 37.8 Å². The Labute approximate surface area is 84.0 Å². The summed E-state index contributed by atoms with van der Waals surface area (Å²) in [7, 11) is 0. The lowest BCUT2D eigenvalue weighted by Gasteiger charge is -2.23. The maximum atomic E-state index is 10.9. The maximum absolute atomic E-state index is 10.9. The summed E-state index contributed by atoms with van der Waals surface area (Å²) in [4.78, 5) is 10.9. The van der Waals surface area contributed by atoms with Gasteiger partial charge in [0.15, 0.2) is 0 Å². The molecule has 0 aliphatic carbocycles. The predicted octanol–water partition coefficient (Wildman–Crippen LogP) is 0.461. The van der Waals surface area contributed by atoms with Crippen molar-refractivity contribution < 1.29 is 14.3 Å². The first-order chi connectivity index (χ1) is 6.84. The van der Waals surface area contributed by atoms with E-state index in [-0.39, 0.29) is 11.9 Å². The molecule has 0 spiro atoms. The third-order valence-electron chi connectivity index (χ3n) is 2.79. The SMILES string of the molecule is O=C1CCC(COC2CCOCC2)N1. The Kier molecular flexibility index (Phi) is 3.37. The van der Waals surface area contributed by atoms with E-state index in [2.05, 4.69) is 5.32 Å². The van der Waals surface area contributed by atoms with E-state index < -0.39 is 0 Å². The van der Waals surface area contributed by atoms with Crippen LogP contribution in [0.2, 0.25) is 0 Å². The van der Waals surface area contributed by atoms with Gasteiger partial charge in [-0.25, -0.2) is 0 Å². The molecule has 1 atom stereocenters. The molecule has 2 heterocycles. The molecule has 2 saturated heterocycles. The lowest BCUT2D eigenvalue weighted by molar-refractivity contribution is -0.119. The number of rotatable bonds is 3. The second kappa shape index (κ2) is 4.75. The second-order valence-electron chi connectivity index (χ2n) is 3.95. The van der Waals surface area contributed by atoms with Crippen LogP contribution in [0.3, 0.4) is 0 Å². The fourth-order valence-corrected chi connectivity index (χ4v) is 1.90. The molecule has 4 heteroatoms. The van der Waals surface area contributed by atoms with E-state index in [4.69, 9.17) is 9.47 Å². The van der Waals surface area contributed by atoms with Crippen LogP contribution < -0.4 is 5.32 Å². The highest BCUT2D eigenvalue weighted by Crippen LogP contribution is 2.13. The molecule has 14 heavy (non-hydrogen) atoms. The molecule has 0 aromatic rings. The van der Waals surface area contributed by atoms with E-state index in [0.717, 1.165) is 32.5 Å². The van der Waals surface area contributed by atoms with Crippen molar-refractivity contribution in [3.8, 4) is 0 Å². The molecule has 2 aliphatic rings. The summed E-state index contributed by atoms with van der Waals surface area (Å²) in [6, 6.07) is 0.241. The van der Waals surface area contributed by atoms with Gasteiger partial charge in [-0.3, -0.25) is 4.79 Å². The molecule has 2 aliphatic heterocycles. The zero-order chi connectivity index (χ0) is 9.80. The van der Waals surface area contributed by atoms with Crippen LogP contribution >= 0.6 is 0 Å². The lowest BCUT2D eigenvalue weighted by Crippen LogP contribution is -2.33. The van der Waals surface area contributed by atoms with E-state index in [1.165, 1.54) is 0 Å². The first-order valence-corrected chi connectivity index (χ1v) is 5.33. The van der Waals surface area contributed by atoms with Gasteiger partial charge >= 0.3 is 0 Å². The van der Waals surface area contributed by atoms with Gasteiger partial charge in [-0.1, -0.05) is 0 Å². The molecular formula is C10H17NO3. The molecule has 0 aromatic carbocycles. The summed E-state index contributed by atoms with van der Waals surface area (Å²) < 4.78 is 11.0. The molecular weight excluding hydrogens is 182 g/mol. The van der Waals surface area contributed by atoms with Crippen LogP contribution in [0.4, 0.5) is 0 Å². The minimum Gasteiger partial charge on any atom is -0.381 e. The Bertz CT molecular complexity index is 202. The van der Waals surface area contributed by atoms with Crippen LogP contribution in [-0.2, 0) is 14.3 Å². The van der Waals surface area contributed by atoms with Gasteiger partial charge in [-0.15, -0.1) is 0 Å². The number of ether oxygens (including phenoxy) is 2. The first-order valence-electron chi connectivity index (χ1n) is 5.33. The third kappa shape index (κ3) is 2.69. The van der Waals surface area contributed by atoms with Crippen LogP contribution in [-0.4, -0.2) is 37.9 Å². The number of hydrogen-bond donors (Lipinski definition) is 1. The van der Waals surface area contributed by atoms with Crippen LogP contribution in [0.25, 0.3) is 0 Å². The van der Waals surface area contributed by atoms with E-state index >= 15 is 0 Å². The van der Waals surface area contributed by atoms with Crippen molar-refractivity contribution in [3.05, 3.63) is 0 Å². The minimum atomic E-state index is 0.158. The Morgan fingerprint density at radius 2 is 2.14 bits per heavy atom. The molecule has 80 valence electrons. The number of carbonyl (C=O) groups is 1. The fraction of sp³-hybridized carbons (Fsp3) is 0.900. The largest absolute Gasteiger partial charge is 0.381 e. The van der Waals surface area contributed by atoms with Crippen LogP contribution in [0.5, 0.6) is 0 Å². The highest BCUT2D eigenvalue weighted by Gasteiger charge is 2.22. The summed E-state index contributed by atoms with van der Waals surface area (Å²) in [5.41, 5.74) is 0. The van der Waals surface area contributed by atoms with E-state index in [1.54, 1.807) is 0 Å². The molecule has 0 aromatic heterocycles. The predicted molar refractivity (Wildman–Crippen MR) is 51.0 cm³/mol. The first kappa shape index (κ1) is 9.93. The summed E-state index contributed by atoms with van der Waals surface area (Å²) >= 11 is 0. The van der Waals surface area contributed by atoms with Crippen molar-refractivity contribution in [2.75, 3.05) is 19.8 Å². The average Bonchev–Trinajstić information content (AvgIpc) is 2.63. The number of carbonyl (C=O) groups excluding carboxylic acids is 1. The molecule has 1 amide bonds. The third-order valence-corrected chi connectivity index (χ3v) is 2.79. The zero-order valence-corrected chi connectivity index (χ0v) is 8.33. The van der Waals surface area contributed by atoms with E-state index in [1.807, 2.05) is 0 Å². The summed E-state index contributed by atoms with van der Waals surface area (Å²) in [5, 5.41) is 2.90. The molecule has 1 unspecified atom stereocenters. The summed E-state index contributed by atoms with van der Waals surface area (Å²) in [6.45, 7) is 2.28. The Morgan fingerprint density at radius 1 is 1.36 bits per heavy atom. The van der Waals surface area contributed by atoms with Gasteiger partial charge in [-0.2, -0.15) is 0 Å². The number of hydrogen-bond acceptors (Lipinski definition) is 3. The second-order valence-corrected chi connectivity index (χ2v) is 3.95. The van der Waals surface area contributed by atoms with Crippen molar-refractivity contribution in [2.24, 2.45) is 0 Å². The minimum absolute atomic E-state index is 0.158. The standard InChI is InChI=1S/C10H17NO3/c12-10-2-1-8(11-10)7-14-9-3-5-13-6-4-9/h8-9H,1-7H2,(H,11,12). The van der Waals surface area contributed by atoms with Gasteiger partial charge in [0.1, 0.15) is 0 Å². The molecule has 4 nitrogen and oxygen atoms in total. The maximum Gasteiger partial charge on any atom is 0.220 e. The van der Waals surface area contributed by atoms with Gasteiger partial charge in [0, 0.05) is 19.6 Å².